The van der Waals surface area contributed by atoms with Crippen LogP contribution in [0.3, 0.4) is 0 Å². The van der Waals surface area contributed by atoms with Gasteiger partial charge in [0.2, 0.25) is 10.0 Å². The van der Waals surface area contributed by atoms with Crippen LogP contribution in [0.1, 0.15) is 15.9 Å². The Kier molecular flexibility index (Phi) is 8.12. The van der Waals surface area contributed by atoms with Crippen molar-refractivity contribution in [3.05, 3.63) is 59.4 Å². The van der Waals surface area contributed by atoms with Gasteiger partial charge in [0.15, 0.2) is 11.6 Å². The van der Waals surface area contributed by atoms with Crippen molar-refractivity contribution < 1.29 is 27.1 Å². The number of halogens is 1. The Balaban J connectivity index is 2.06. The van der Waals surface area contributed by atoms with Crippen LogP contribution in [0.4, 0.5) is 4.39 Å². The monoisotopic (exact) mass is 424 g/mol. The zero-order chi connectivity index (χ0) is 21.4. The number of amides is 1. The molecule has 7 nitrogen and oxygen atoms in total. The third-order valence-electron chi connectivity index (χ3n) is 4.22. The lowest BCUT2D eigenvalue weighted by atomic mass is 10.1. The Labute approximate surface area is 170 Å². The Morgan fingerprint density at radius 3 is 2.59 bits per heavy atom. The molecule has 0 radical (unpaired) electrons. The number of carbonyl (C=O) groups is 1. The van der Waals surface area contributed by atoms with Crippen molar-refractivity contribution in [2.24, 2.45) is 0 Å². The molecule has 29 heavy (non-hydrogen) atoms. The quantitative estimate of drug-likeness (QED) is 0.591. The van der Waals surface area contributed by atoms with Crippen LogP contribution in [0.5, 0.6) is 5.75 Å². The lowest BCUT2D eigenvalue weighted by Crippen LogP contribution is -2.32. The van der Waals surface area contributed by atoms with Gasteiger partial charge >= 0.3 is 0 Å². The number of sulfonamides is 1. The summed E-state index contributed by atoms with van der Waals surface area (Å²) in [4.78, 5) is 14.2. The number of likely N-dealkylation sites (N-methyl/N-ethyl adjacent to an activating group) is 1. The maximum atomic E-state index is 13.6. The normalized spacial score (nSPS) is 11.3. The lowest BCUT2D eigenvalue weighted by Gasteiger charge is -2.19. The number of ether oxygens (including phenoxy) is 2. The zero-order valence-corrected chi connectivity index (χ0v) is 17.5. The van der Waals surface area contributed by atoms with Crippen LogP contribution in [-0.4, -0.2) is 59.7 Å². The van der Waals surface area contributed by atoms with Gasteiger partial charge in [-0.15, -0.1) is 0 Å². The molecule has 0 aliphatic rings. The van der Waals surface area contributed by atoms with Gasteiger partial charge in [-0.25, -0.2) is 17.5 Å². The van der Waals surface area contributed by atoms with Crippen LogP contribution in [0.15, 0.2) is 47.4 Å². The zero-order valence-electron chi connectivity index (χ0n) is 16.6. The van der Waals surface area contributed by atoms with Crippen molar-refractivity contribution in [3.63, 3.8) is 0 Å². The fraction of sp³-hybridized carbons (Fsp3) is 0.350. The number of nitrogens with one attached hydrogen (secondary N) is 1. The molecular weight excluding hydrogens is 399 g/mol. The van der Waals surface area contributed by atoms with Gasteiger partial charge in [0.05, 0.1) is 18.0 Å². The summed E-state index contributed by atoms with van der Waals surface area (Å²) in [6, 6.07) is 10.4. The highest BCUT2D eigenvalue weighted by atomic mass is 32.2. The minimum Gasteiger partial charge on any atom is -0.489 e. The second-order valence-electron chi connectivity index (χ2n) is 6.37. The summed E-state index contributed by atoms with van der Waals surface area (Å²) in [6.45, 7) is 2.39. The molecule has 0 saturated carbocycles. The number of carbonyl (C=O) groups excluding carboxylic acids is 1. The van der Waals surface area contributed by atoms with Gasteiger partial charge in [0.1, 0.15) is 6.61 Å². The molecule has 0 atom stereocenters. The summed E-state index contributed by atoms with van der Waals surface area (Å²) in [7, 11) is -0.707. The molecule has 0 aliphatic heterocycles. The average Bonchev–Trinajstić information content (AvgIpc) is 2.69. The second-order valence-corrected chi connectivity index (χ2v) is 8.14. The molecule has 158 valence electrons. The van der Waals surface area contributed by atoms with E-state index in [1.54, 1.807) is 32.2 Å². The number of nitrogens with zero attached hydrogens (tertiary/aromatic N) is 1. The number of hydrogen-bond donors (Lipinski definition) is 1. The molecular formula is C20H25FN2O5S. The van der Waals surface area contributed by atoms with E-state index >= 15 is 0 Å². The van der Waals surface area contributed by atoms with E-state index in [1.807, 2.05) is 0 Å². The van der Waals surface area contributed by atoms with E-state index in [9.17, 15) is 17.6 Å². The second kappa shape index (κ2) is 10.3. The van der Waals surface area contributed by atoms with Gasteiger partial charge in [-0.3, -0.25) is 4.79 Å². The Morgan fingerprint density at radius 2 is 1.90 bits per heavy atom. The van der Waals surface area contributed by atoms with Gasteiger partial charge in [0.25, 0.3) is 5.91 Å². The highest BCUT2D eigenvalue weighted by Gasteiger charge is 2.20. The van der Waals surface area contributed by atoms with E-state index < -0.39 is 15.8 Å². The van der Waals surface area contributed by atoms with Gasteiger partial charge in [-0.1, -0.05) is 18.2 Å². The van der Waals surface area contributed by atoms with E-state index in [-0.39, 0.29) is 48.4 Å². The molecule has 2 rings (SSSR count). The van der Waals surface area contributed by atoms with Crippen molar-refractivity contribution in [2.45, 2.75) is 11.8 Å². The van der Waals surface area contributed by atoms with Gasteiger partial charge in [-0.05, 0) is 36.8 Å². The summed E-state index contributed by atoms with van der Waals surface area (Å²) in [5, 5.41) is 0. The average molecular weight is 424 g/mol. The SMILES string of the molecule is COCCNS(=O)(=O)c1ccc(C)c(C(=O)N(C)CCOc2ccccc2F)c1. The first-order chi connectivity index (χ1) is 13.8. The van der Waals surface area contributed by atoms with Crippen molar-refractivity contribution >= 4 is 15.9 Å². The van der Waals surface area contributed by atoms with Crippen molar-refractivity contribution in [1.29, 1.82) is 0 Å². The number of methoxy groups -OCH3 is 1. The molecule has 1 amide bonds. The lowest BCUT2D eigenvalue weighted by molar-refractivity contribution is 0.0772. The van der Waals surface area contributed by atoms with Crippen LogP contribution in [0, 0.1) is 12.7 Å². The summed E-state index contributed by atoms with van der Waals surface area (Å²) in [5.74, 6) is -0.718. The molecule has 2 aromatic carbocycles. The first-order valence-electron chi connectivity index (χ1n) is 8.98. The van der Waals surface area contributed by atoms with Crippen molar-refractivity contribution in [3.8, 4) is 5.75 Å². The van der Waals surface area contributed by atoms with Crippen molar-refractivity contribution in [2.75, 3.05) is 40.5 Å². The summed E-state index contributed by atoms with van der Waals surface area (Å²) in [5.41, 5.74) is 0.917. The fourth-order valence-electron chi connectivity index (χ4n) is 2.52. The molecule has 0 aliphatic carbocycles. The van der Waals surface area contributed by atoms with E-state index in [1.165, 1.54) is 36.3 Å². The molecule has 1 N–H and O–H groups in total. The van der Waals surface area contributed by atoms with Crippen molar-refractivity contribution in [1.82, 2.24) is 9.62 Å². The van der Waals surface area contributed by atoms with E-state index in [0.29, 0.717) is 5.56 Å². The third-order valence-corrected chi connectivity index (χ3v) is 5.67. The molecule has 0 spiro atoms. The van der Waals surface area contributed by atoms with Crippen LogP contribution in [-0.2, 0) is 14.8 Å². The van der Waals surface area contributed by atoms with E-state index in [2.05, 4.69) is 4.72 Å². The predicted molar refractivity (Wildman–Crippen MR) is 107 cm³/mol. The summed E-state index contributed by atoms with van der Waals surface area (Å²) in [6.07, 6.45) is 0. The number of rotatable bonds is 10. The number of para-hydroxylation sites is 1. The standard InChI is InChI=1S/C20H25FN2O5S/c1-15-8-9-16(29(25,26)22-10-12-27-3)14-17(15)20(24)23(2)11-13-28-19-7-5-4-6-18(19)21/h4-9,14,22H,10-13H2,1-3H3. The maximum absolute atomic E-state index is 13.6. The summed E-state index contributed by atoms with van der Waals surface area (Å²) < 4.78 is 51.0. The number of aryl methyl sites for hydroxylation is 1. The molecule has 0 heterocycles. The first-order valence-corrected chi connectivity index (χ1v) is 10.5. The van der Waals surface area contributed by atoms with Gasteiger partial charge in [0, 0.05) is 26.3 Å². The van der Waals surface area contributed by atoms with Gasteiger partial charge < -0.3 is 14.4 Å². The molecule has 0 aromatic heterocycles. The molecule has 0 saturated heterocycles. The first kappa shape index (κ1) is 22.8. The Morgan fingerprint density at radius 1 is 1.17 bits per heavy atom. The Hall–Kier alpha value is -2.49. The molecule has 2 aromatic rings. The third kappa shape index (κ3) is 6.25. The van der Waals surface area contributed by atoms with Crippen LogP contribution in [0.25, 0.3) is 0 Å². The summed E-state index contributed by atoms with van der Waals surface area (Å²) >= 11 is 0. The fourth-order valence-corrected chi connectivity index (χ4v) is 3.56. The van der Waals surface area contributed by atoms with Gasteiger partial charge in [-0.2, -0.15) is 0 Å². The minimum absolute atomic E-state index is 0.00133. The number of hydrogen-bond acceptors (Lipinski definition) is 5. The molecule has 0 fully saturated rings. The molecule has 0 bridgehead atoms. The van der Waals surface area contributed by atoms with Crippen LogP contribution >= 0.6 is 0 Å². The maximum Gasteiger partial charge on any atom is 0.254 e. The largest absolute Gasteiger partial charge is 0.489 e. The predicted octanol–water partition coefficient (Wildman–Crippen LogP) is 2.21. The highest BCUT2D eigenvalue weighted by Crippen LogP contribution is 2.18. The van der Waals surface area contributed by atoms with E-state index in [0.717, 1.165) is 0 Å². The smallest absolute Gasteiger partial charge is 0.254 e. The Bertz CT molecular complexity index is 950. The minimum atomic E-state index is -3.76. The van der Waals surface area contributed by atoms with Crippen LogP contribution < -0.4 is 9.46 Å². The molecule has 9 heteroatoms. The number of benzene rings is 2. The van der Waals surface area contributed by atoms with Crippen LogP contribution in [0.2, 0.25) is 0 Å². The van der Waals surface area contributed by atoms with E-state index in [4.69, 9.17) is 9.47 Å². The topological polar surface area (TPSA) is 84.9 Å². The highest BCUT2D eigenvalue weighted by molar-refractivity contribution is 7.89. The molecule has 0 unspecified atom stereocenters.